The number of carbonyl (C=O) groups is 1. The van der Waals surface area contributed by atoms with E-state index in [2.05, 4.69) is 40.2 Å². The summed E-state index contributed by atoms with van der Waals surface area (Å²) >= 11 is 1.78. The fourth-order valence-electron chi connectivity index (χ4n) is 4.15. The first-order chi connectivity index (χ1) is 12.7. The lowest BCUT2D eigenvalue weighted by atomic mass is 9.99. The number of aryl methyl sites for hydroxylation is 1. The molecule has 2 fully saturated rings. The molecule has 2 N–H and O–H groups in total. The molecule has 2 aromatic heterocycles. The monoisotopic (exact) mass is 374 g/mol. The quantitative estimate of drug-likeness (QED) is 0.814. The number of ether oxygens (including phenoxy) is 1. The van der Waals surface area contributed by atoms with Gasteiger partial charge in [0.05, 0.1) is 36.7 Å². The van der Waals surface area contributed by atoms with E-state index < -0.39 is 0 Å². The maximum absolute atomic E-state index is 13.0. The standard InChI is InChI=1S/C17H22N6O2S/c1-10-2-3-16(26-10)12-6-13(20-19-12)17(24)22-5-4-15-14(8-22)23-11(9-25-15)7-18-21-23/h2-3,7,12-15,19-20H,4-6,8-9H2,1H3/t12?,13?,14-,15+/m1/s1. The Morgan fingerprint density at radius 1 is 1.38 bits per heavy atom. The maximum Gasteiger partial charge on any atom is 0.241 e. The molecule has 4 atom stereocenters. The first-order valence-electron chi connectivity index (χ1n) is 9.06. The molecule has 2 unspecified atom stereocenters. The normalized spacial score (nSPS) is 30.9. The zero-order chi connectivity index (χ0) is 17.7. The van der Waals surface area contributed by atoms with E-state index in [9.17, 15) is 4.79 Å². The van der Waals surface area contributed by atoms with Crippen molar-refractivity contribution in [2.24, 2.45) is 0 Å². The minimum absolute atomic E-state index is 0.0593. The molecule has 0 aromatic carbocycles. The Labute approximate surface area is 155 Å². The highest BCUT2D eigenvalue weighted by Gasteiger charge is 2.40. The number of carbonyl (C=O) groups excluding carboxylic acids is 1. The average molecular weight is 374 g/mol. The number of nitrogens with zero attached hydrogens (tertiary/aromatic N) is 4. The number of hydrogen-bond donors (Lipinski definition) is 2. The van der Waals surface area contributed by atoms with Crippen molar-refractivity contribution in [1.82, 2.24) is 30.7 Å². The van der Waals surface area contributed by atoms with E-state index in [-0.39, 0.29) is 30.1 Å². The number of hydrogen-bond acceptors (Lipinski definition) is 7. The second-order valence-corrected chi connectivity index (χ2v) is 8.56. The average Bonchev–Trinajstić information content (AvgIpc) is 3.40. The predicted octanol–water partition coefficient (Wildman–Crippen LogP) is 0.928. The van der Waals surface area contributed by atoms with Crippen molar-refractivity contribution in [3.8, 4) is 0 Å². The molecule has 0 bridgehead atoms. The summed E-state index contributed by atoms with van der Waals surface area (Å²) in [5.74, 6) is 0.152. The second kappa shape index (κ2) is 6.41. The number of hydrazine groups is 1. The lowest BCUT2D eigenvalue weighted by Crippen LogP contribution is -2.54. The fraction of sp³-hybridized carbons (Fsp3) is 0.588. The van der Waals surface area contributed by atoms with Crippen LogP contribution in [0.25, 0.3) is 0 Å². The van der Waals surface area contributed by atoms with Crippen LogP contribution in [0.4, 0.5) is 0 Å². The lowest BCUT2D eigenvalue weighted by Gasteiger charge is -2.41. The highest BCUT2D eigenvalue weighted by atomic mass is 32.1. The third kappa shape index (κ3) is 2.75. The van der Waals surface area contributed by atoms with Crippen molar-refractivity contribution in [3.63, 3.8) is 0 Å². The molecule has 5 rings (SSSR count). The van der Waals surface area contributed by atoms with E-state index in [1.807, 2.05) is 9.58 Å². The first-order valence-corrected chi connectivity index (χ1v) is 9.87. The van der Waals surface area contributed by atoms with Gasteiger partial charge in [0.1, 0.15) is 6.04 Å². The molecule has 138 valence electrons. The zero-order valence-corrected chi connectivity index (χ0v) is 15.4. The van der Waals surface area contributed by atoms with E-state index in [4.69, 9.17) is 4.74 Å². The van der Waals surface area contributed by atoms with Crippen LogP contribution in [-0.2, 0) is 16.1 Å². The van der Waals surface area contributed by atoms with Gasteiger partial charge in [-0.25, -0.2) is 15.5 Å². The molecule has 0 saturated carbocycles. The van der Waals surface area contributed by atoms with Crippen molar-refractivity contribution in [2.75, 3.05) is 13.1 Å². The Bertz CT molecular complexity index is 820. The van der Waals surface area contributed by atoms with Gasteiger partial charge in [-0.1, -0.05) is 5.21 Å². The SMILES string of the molecule is Cc1ccc(C2CC(C(=O)N3CC[C@@H]4OCc5cnnn5[C@@H]4C3)NN2)s1. The van der Waals surface area contributed by atoms with Crippen LogP contribution in [0.2, 0.25) is 0 Å². The molecule has 3 aliphatic rings. The molecule has 2 aromatic rings. The summed E-state index contributed by atoms with van der Waals surface area (Å²) in [6, 6.07) is 4.33. The van der Waals surface area contributed by atoms with Gasteiger partial charge in [-0.15, -0.1) is 16.4 Å². The van der Waals surface area contributed by atoms with E-state index in [0.717, 1.165) is 25.1 Å². The van der Waals surface area contributed by atoms with Crippen molar-refractivity contribution < 1.29 is 9.53 Å². The van der Waals surface area contributed by atoms with Crippen molar-refractivity contribution in [1.29, 1.82) is 0 Å². The summed E-state index contributed by atoms with van der Waals surface area (Å²) in [6.45, 7) is 4.01. The largest absolute Gasteiger partial charge is 0.370 e. The van der Waals surface area contributed by atoms with Gasteiger partial charge in [0.25, 0.3) is 0 Å². The molecule has 0 radical (unpaired) electrons. The van der Waals surface area contributed by atoms with Gasteiger partial charge in [0, 0.05) is 22.8 Å². The van der Waals surface area contributed by atoms with Gasteiger partial charge in [0.15, 0.2) is 0 Å². The van der Waals surface area contributed by atoms with E-state index in [1.54, 1.807) is 17.5 Å². The van der Waals surface area contributed by atoms with Gasteiger partial charge in [-0.2, -0.15) is 0 Å². The lowest BCUT2D eigenvalue weighted by molar-refractivity contribution is -0.140. The smallest absolute Gasteiger partial charge is 0.241 e. The summed E-state index contributed by atoms with van der Waals surface area (Å²) in [5.41, 5.74) is 7.46. The molecule has 0 spiro atoms. The summed E-state index contributed by atoms with van der Waals surface area (Å²) < 4.78 is 7.87. The molecular formula is C17H22N6O2S. The predicted molar refractivity (Wildman–Crippen MR) is 95.3 cm³/mol. The molecule has 0 aliphatic carbocycles. The van der Waals surface area contributed by atoms with Crippen molar-refractivity contribution in [2.45, 2.75) is 50.6 Å². The first kappa shape index (κ1) is 16.4. The van der Waals surface area contributed by atoms with Crippen LogP contribution in [0.15, 0.2) is 18.3 Å². The van der Waals surface area contributed by atoms with Gasteiger partial charge < -0.3 is 9.64 Å². The number of fused-ring (bicyclic) bond motifs is 3. The number of nitrogens with one attached hydrogen (secondary N) is 2. The van der Waals surface area contributed by atoms with Gasteiger partial charge in [-0.05, 0) is 31.9 Å². The van der Waals surface area contributed by atoms with E-state index >= 15 is 0 Å². The van der Waals surface area contributed by atoms with E-state index in [1.165, 1.54) is 9.75 Å². The fourth-order valence-corrected chi connectivity index (χ4v) is 5.09. The van der Waals surface area contributed by atoms with Gasteiger partial charge in [0.2, 0.25) is 5.91 Å². The molecule has 1 amide bonds. The topological polar surface area (TPSA) is 84.3 Å². The minimum atomic E-state index is -0.196. The Balaban J connectivity index is 1.27. The van der Waals surface area contributed by atoms with Gasteiger partial charge in [-0.3, -0.25) is 4.79 Å². The third-order valence-corrected chi connectivity index (χ3v) is 6.66. The van der Waals surface area contributed by atoms with Crippen LogP contribution < -0.4 is 10.9 Å². The number of likely N-dealkylation sites (tertiary alicyclic amines) is 1. The molecule has 3 aliphatic heterocycles. The van der Waals surface area contributed by atoms with Crippen LogP contribution in [0.5, 0.6) is 0 Å². The van der Waals surface area contributed by atoms with Crippen molar-refractivity contribution >= 4 is 17.2 Å². The number of thiophene rings is 1. The molecule has 26 heavy (non-hydrogen) atoms. The Morgan fingerprint density at radius 2 is 2.31 bits per heavy atom. The highest BCUT2D eigenvalue weighted by Crippen LogP contribution is 2.32. The van der Waals surface area contributed by atoms with Crippen LogP contribution in [0.1, 0.15) is 40.4 Å². The Hall–Kier alpha value is -1.81. The van der Waals surface area contributed by atoms with Crippen LogP contribution >= 0.6 is 11.3 Å². The Morgan fingerprint density at radius 3 is 3.15 bits per heavy atom. The zero-order valence-electron chi connectivity index (χ0n) is 14.6. The number of piperidine rings is 1. The summed E-state index contributed by atoms with van der Waals surface area (Å²) in [7, 11) is 0. The number of rotatable bonds is 2. The van der Waals surface area contributed by atoms with Crippen LogP contribution in [-0.4, -0.2) is 51.0 Å². The third-order valence-electron chi connectivity index (χ3n) is 5.55. The molecule has 2 saturated heterocycles. The molecular weight excluding hydrogens is 352 g/mol. The highest BCUT2D eigenvalue weighted by molar-refractivity contribution is 7.12. The molecule has 5 heterocycles. The van der Waals surface area contributed by atoms with E-state index in [0.29, 0.717) is 13.2 Å². The number of amides is 1. The van der Waals surface area contributed by atoms with Crippen LogP contribution in [0, 0.1) is 6.92 Å². The van der Waals surface area contributed by atoms with Gasteiger partial charge >= 0.3 is 0 Å². The summed E-state index contributed by atoms with van der Waals surface area (Å²) in [4.78, 5) is 17.6. The van der Waals surface area contributed by atoms with Crippen LogP contribution in [0.3, 0.4) is 0 Å². The van der Waals surface area contributed by atoms with Crippen molar-refractivity contribution in [3.05, 3.63) is 33.8 Å². The molecule has 8 nitrogen and oxygen atoms in total. The minimum Gasteiger partial charge on any atom is -0.370 e. The molecule has 9 heteroatoms. The Kier molecular flexibility index (Phi) is 4.04. The second-order valence-electron chi connectivity index (χ2n) is 7.24. The maximum atomic E-state index is 13.0. The summed E-state index contributed by atoms with van der Waals surface area (Å²) in [6.07, 6.45) is 3.47. The summed E-state index contributed by atoms with van der Waals surface area (Å²) in [5, 5.41) is 8.20. The number of aromatic nitrogens is 3.